The van der Waals surface area contributed by atoms with E-state index in [0.717, 1.165) is 23.5 Å². The third-order valence-electron chi connectivity index (χ3n) is 2.64. The Balaban J connectivity index is 1.95. The van der Waals surface area contributed by atoms with E-state index < -0.39 is 5.82 Å². The van der Waals surface area contributed by atoms with Crippen LogP contribution in [0.3, 0.4) is 0 Å². The van der Waals surface area contributed by atoms with Gasteiger partial charge in [-0.2, -0.15) is 5.10 Å². The molecule has 0 aliphatic rings. The normalized spacial score (nSPS) is 10.6. The van der Waals surface area contributed by atoms with Gasteiger partial charge in [-0.1, -0.05) is 12.1 Å². The fraction of sp³-hybridized carbons (Fsp3) is 0. The average molecular weight is 255 g/mol. The van der Waals surface area contributed by atoms with Crippen LogP contribution < -0.4 is 5.73 Å². The largest absolute Gasteiger partial charge is 0.399 e. The summed E-state index contributed by atoms with van der Waals surface area (Å²) in [6, 6.07) is 7.45. The van der Waals surface area contributed by atoms with Crippen LogP contribution in [0.2, 0.25) is 0 Å². The molecule has 5 nitrogen and oxygen atoms in total. The highest BCUT2D eigenvalue weighted by Gasteiger charge is 2.05. The minimum Gasteiger partial charge on any atom is -0.399 e. The van der Waals surface area contributed by atoms with Gasteiger partial charge >= 0.3 is 0 Å². The lowest BCUT2D eigenvalue weighted by atomic mass is 10.1. The smallest absolute Gasteiger partial charge is 0.250 e. The number of benzene rings is 1. The maximum Gasteiger partial charge on any atom is 0.250 e. The van der Waals surface area contributed by atoms with Gasteiger partial charge in [-0.25, -0.2) is 19.0 Å². The van der Waals surface area contributed by atoms with Gasteiger partial charge in [0, 0.05) is 17.4 Å². The van der Waals surface area contributed by atoms with Gasteiger partial charge in [-0.05, 0) is 17.7 Å². The number of nitrogen functional groups attached to an aromatic ring is 1. The van der Waals surface area contributed by atoms with Crippen LogP contribution in [0.5, 0.6) is 0 Å². The zero-order chi connectivity index (χ0) is 13.2. The molecule has 3 aromatic rings. The van der Waals surface area contributed by atoms with Gasteiger partial charge in [-0.15, -0.1) is 0 Å². The number of nitrogens with two attached hydrogens (primary N) is 1. The molecule has 0 aliphatic carbocycles. The maximum atomic E-state index is 12.7. The van der Waals surface area contributed by atoms with Crippen LogP contribution in [-0.4, -0.2) is 19.7 Å². The monoisotopic (exact) mass is 255 g/mol. The quantitative estimate of drug-likeness (QED) is 0.711. The number of hydrogen-bond acceptors (Lipinski definition) is 4. The van der Waals surface area contributed by atoms with Gasteiger partial charge in [-0.3, -0.25) is 0 Å². The van der Waals surface area contributed by atoms with E-state index in [2.05, 4.69) is 15.1 Å². The molecule has 0 atom stereocenters. The number of nitrogens with zero attached hydrogens (tertiary/aromatic N) is 4. The Hall–Kier alpha value is -2.76. The predicted octanol–water partition coefficient (Wildman–Crippen LogP) is 2.05. The molecule has 19 heavy (non-hydrogen) atoms. The lowest BCUT2D eigenvalue weighted by molar-refractivity contribution is 0.608. The molecule has 2 N–H and O–H groups in total. The third-order valence-corrected chi connectivity index (χ3v) is 2.64. The summed E-state index contributed by atoms with van der Waals surface area (Å²) < 4.78 is 14.2. The molecule has 0 bridgehead atoms. The van der Waals surface area contributed by atoms with Crippen molar-refractivity contribution in [2.24, 2.45) is 0 Å². The van der Waals surface area contributed by atoms with Gasteiger partial charge in [0.15, 0.2) is 5.82 Å². The molecule has 94 valence electrons. The molecule has 2 heterocycles. The molecule has 0 amide bonds. The summed E-state index contributed by atoms with van der Waals surface area (Å²) >= 11 is 0. The Bertz CT molecular complexity index is 628. The van der Waals surface area contributed by atoms with Crippen molar-refractivity contribution in [3.63, 3.8) is 0 Å². The molecular weight excluding hydrogens is 245 g/mol. The number of aromatic nitrogens is 4. The highest BCUT2D eigenvalue weighted by Crippen LogP contribution is 2.20. The van der Waals surface area contributed by atoms with E-state index in [1.165, 1.54) is 4.68 Å². The van der Waals surface area contributed by atoms with Gasteiger partial charge in [0.05, 0.1) is 18.6 Å². The molecule has 3 rings (SSSR count). The number of halogens is 1. The molecule has 6 heteroatoms. The van der Waals surface area contributed by atoms with E-state index in [4.69, 9.17) is 5.73 Å². The summed E-state index contributed by atoms with van der Waals surface area (Å²) in [5.74, 6) is -0.155. The van der Waals surface area contributed by atoms with E-state index in [9.17, 15) is 4.39 Å². The SMILES string of the molecule is Nc1ccc(-c2cnn(-c3ncc(F)cn3)c2)cc1. The zero-order valence-electron chi connectivity index (χ0n) is 9.86. The second kappa shape index (κ2) is 4.49. The number of anilines is 1. The van der Waals surface area contributed by atoms with Crippen molar-refractivity contribution in [3.8, 4) is 17.1 Å². The van der Waals surface area contributed by atoms with Crippen molar-refractivity contribution in [2.45, 2.75) is 0 Å². The lowest BCUT2D eigenvalue weighted by Gasteiger charge is -1.98. The van der Waals surface area contributed by atoms with Crippen LogP contribution in [0.15, 0.2) is 49.1 Å². The van der Waals surface area contributed by atoms with Crippen molar-refractivity contribution in [3.05, 3.63) is 54.9 Å². The van der Waals surface area contributed by atoms with E-state index in [1.54, 1.807) is 12.4 Å². The first-order chi connectivity index (χ1) is 9.22. The minimum atomic E-state index is -0.477. The Morgan fingerprint density at radius 1 is 0.947 bits per heavy atom. The molecule has 0 saturated carbocycles. The van der Waals surface area contributed by atoms with Crippen LogP contribution in [0.1, 0.15) is 0 Å². The fourth-order valence-corrected chi connectivity index (χ4v) is 1.68. The fourth-order valence-electron chi connectivity index (χ4n) is 1.68. The standard InChI is InChI=1S/C13H10FN5/c14-11-6-16-13(17-7-11)19-8-10(5-18-19)9-1-3-12(15)4-2-9/h1-8H,15H2. The zero-order valence-corrected chi connectivity index (χ0v) is 9.86. The predicted molar refractivity (Wildman–Crippen MR) is 69.0 cm³/mol. The van der Waals surface area contributed by atoms with Gasteiger partial charge in [0.25, 0.3) is 5.95 Å². The third kappa shape index (κ3) is 2.28. The topological polar surface area (TPSA) is 69.6 Å². The van der Waals surface area contributed by atoms with E-state index >= 15 is 0 Å². The van der Waals surface area contributed by atoms with Crippen molar-refractivity contribution in [1.29, 1.82) is 0 Å². The van der Waals surface area contributed by atoms with Crippen molar-refractivity contribution in [1.82, 2.24) is 19.7 Å². The van der Waals surface area contributed by atoms with E-state index in [-0.39, 0.29) is 0 Å². The van der Waals surface area contributed by atoms with Gasteiger partial charge < -0.3 is 5.73 Å². The Morgan fingerprint density at radius 2 is 1.63 bits per heavy atom. The molecule has 0 aliphatic heterocycles. The van der Waals surface area contributed by atoms with Crippen LogP contribution in [0, 0.1) is 5.82 Å². The maximum absolute atomic E-state index is 12.7. The lowest BCUT2D eigenvalue weighted by Crippen LogP contribution is -2.00. The van der Waals surface area contributed by atoms with Crippen LogP contribution in [0.25, 0.3) is 17.1 Å². The average Bonchev–Trinajstić information content (AvgIpc) is 2.90. The molecule has 0 fully saturated rings. The van der Waals surface area contributed by atoms with Crippen LogP contribution >= 0.6 is 0 Å². The number of rotatable bonds is 2. The molecular formula is C13H10FN5. The first-order valence-corrected chi connectivity index (χ1v) is 5.61. The molecule has 0 unspecified atom stereocenters. The molecule has 2 aromatic heterocycles. The molecule has 0 saturated heterocycles. The molecule has 0 radical (unpaired) electrons. The van der Waals surface area contributed by atoms with Gasteiger partial charge in [0.1, 0.15) is 0 Å². The Labute approximate surface area is 108 Å². The second-order valence-corrected chi connectivity index (χ2v) is 4.00. The van der Waals surface area contributed by atoms with Crippen molar-refractivity contribution in [2.75, 3.05) is 5.73 Å². The number of hydrogen-bond donors (Lipinski definition) is 1. The summed E-state index contributed by atoms with van der Waals surface area (Å²) in [5, 5.41) is 4.15. The van der Waals surface area contributed by atoms with Crippen LogP contribution in [0.4, 0.5) is 10.1 Å². The van der Waals surface area contributed by atoms with Crippen molar-refractivity contribution < 1.29 is 4.39 Å². The molecule has 1 aromatic carbocycles. The Morgan fingerprint density at radius 3 is 2.32 bits per heavy atom. The summed E-state index contributed by atoms with van der Waals surface area (Å²) in [6.07, 6.45) is 5.68. The van der Waals surface area contributed by atoms with Gasteiger partial charge in [0.2, 0.25) is 0 Å². The molecule has 0 spiro atoms. The summed E-state index contributed by atoms with van der Waals surface area (Å²) in [7, 11) is 0. The minimum absolute atomic E-state index is 0.322. The summed E-state index contributed by atoms with van der Waals surface area (Å²) in [5.41, 5.74) is 8.24. The first kappa shape index (κ1) is 11.3. The van der Waals surface area contributed by atoms with Crippen LogP contribution in [-0.2, 0) is 0 Å². The first-order valence-electron chi connectivity index (χ1n) is 5.61. The highest BCUT2D eigenvalue weighted by atomic mass is 19.1. The summed E-state index contributed by atoms with van der Waals surface area (Å²) in [4.78, 5) is 7.73. The highest BCUT2D eigenvalue weighted by molar-refractivity contribution is 5.64. The Kier molecular flexibility index (Phi) is 2.68. The van der Waals surface area contributed by atoms with Crippen molar-refractivity contribution >= 4 is 5.69 Å². The summed E-state index contributed by atoms with van der Waals surface area (Å²) in [6.45, 7) is 0. The van der Waals surface area contributed by atoms with E-state index in [0.29, 0.717) is 11.6 Å². The second-order valence-electron chi connectivity index (χ2n) is 4.00. The van der Waals surface area contributed by atoms with E-state index in [1.807, 2.05) is 24.3 Å².